The molecule has 2 rings (SSSR count). The molecule has 88 valence electrons. The molecule has 0 amide bonds. The lowest BCUT2D eigenvalue weighted by Crippen LogP contribution is -2.06. The predicted octanol–water partition coefficient (Wildman–Crippen LogP) is 1.17. The van der Waals surface area contributed by atoms with E-state index in [1.165, 1.54) is 0 Å². The quantitative estimate of drug-likeness (QED) is 0.618. The van der Waals surface area contributed by atoms with Crippen LogP contribution in [0.25, 0.3) is 0 Å². The monoisotopic (exact) mass is 240 g/mol. The number of allylic oxidation sites excluding steroid dienone is 1. The summed E-state index contributed by atoms with van der Waals surface area (Å²) in [5.74, 6) is 2.08. The molecule has 2 N–H and O–H groups in total. The maximum Gasteiger partial charge on any atom is 0.222 e. The minimum Gasteiger partial charge on any atom is -0.381 e. The van der Waals surface area contributed by atoms with E-state index in [2.05, 4.69) is 16.8 Å². The minimum absolute atomic E-state index is 0.449. The lowest BCUT2D eigenvalue weighted by molar-refractivity contribution is 0.189. The van der Waals surface area contributed by atoms with E-state index in [0.29, 0.717) is 18.4 Å². The van der Waals surface area contributed by atoms with Gasteiger partial charge >= 0.3 is 0 Å². The van der Waals surface area contributed by atoms with Gasteiger partial charge in [0.2, 0.25) is 5.95 Å². The molecule has 0 aromatic carbocycles. The van der Waals surface area contributed by atoms with Crippen LogP contribution in [-0.2, 0) is 11.3 Å². The van der Waals surface area contributed by atoms with Crippen LogP contribution in [0.5, 0.6) is 0 Å². The van der Waals surface area contributed by atoms with Gasteiger partial charge in [0.15, 0.2) is 5.16 Å². The molecule has 1 saturated heterocycles. The number of nitrogens with two attached hydrogens (primary N) is 1. The van der Waals surface area contributed by atoms with Gasteiger partial charge < -0.3 is 10.5 Å². The molecule has 0 bridgehead atoms. The van der Waals surface area contributed by atoms with Gasteiger partial charge in [0.25, 0.3) is 0 Å². The smallest absolute Gasteiger partial charge is 0.222 e. The molecule has 0 radical (unpaired) electrons. The first kappa shape index (κ1) is 11.5. The summed E-state index contributed by atoms with van der Waals surface area (Å²) in [5.41, 5.74) is 5.71. The third-order valence-corrected chi connectivity index (χ3v) is 3.73. The second-order valence-corrected chi connectivity index (χ2v) is 4.77. The van der Waals surface area contributed by atoms with Crippen molar-refractivity contribution in [1.82, 2.24) is 14.8 Å². The van der Waals surface area contributed by atoms with E-state index < -0.39 is 0 Å². The molecule has 1 atom stereocenters. The summed E-state index contributed by atoms with van der Waals surface area (Å²) < 4.78 is 7.20. The molecule has 0 aliphatic carbocycles. The second-order valence-electron chi connectivity index (χ2n) is 3.78. The first-order chi connectivity index (χ1) is 7.81. The van der Waals surface area contributed by atoms with E-state index in [4.69, 9.17) is 10.5 Å². The third kappa shape index (κ3) is 2.56. The summed E-state index contributed by atoms with van der Waals surface area (Å²) in [6.45, 7) is 6.09. The van der Waals surface area contributed by atoms with Gasteiger partial charge in [0, 0.05) is 18.9 Å². The molecule has 1 aliphatic rings. The zero-order chi connectivity index (χ0) is 11.4. The van der Waals surface area contributed by atoms with Gasteiger partial charge in [0.1, 0.15) is 0 Å². The summed E-state index contributed by atoms with van der Waals surface area (Å²) in [7, 11) is 0. The number of ether oxygens (including phenoxy) is 1. The SMILES string of the molecule is C=CCn1c(N)nnc1SC[C@H]1CCOC1. The van der Waals surface area contributed by atoms with Crippen molar-refractivity contribution >= 4 is 17.7 Å². The molecule has 1 aliphatic heterocycles. The molecule has 1 aromatic heterocycles. The minimum atomic E-state index is 0.449. The Morgan fingerprint density at radius 1 is 1.62 bits per heavy atom. The first-order valence-electron chi connectivity index (χ1n) is 5.31. The topological polar surface area (TPSA) is 66.0 Å². The number of hydrogen-bond donors (Lipinski definition) is 1. The second kappa shape index (κ2) is 5.36. The van der Waals surface area contributed by atoms with Crippen molar-refractivity contribution < 1.29 is 4.74 Å². The molecular weight excluding hydrogens is 224 g/mol. The maximum atomic E-state index is 5.71. The molecule has 0 spiro atoms. The highest BCUT2D eigenvalue weighted by molar-refractivity contribution is 7.99. The van der Waals surface area contributed by atoms with Gasteiger partial charge in [-0.2, -0.15) is 0 Å². The molecule has 1 fully saturated rings. The van der Waals surface area contributed by atoms with E-state index in [1.54, 1.807) is 17.8 Å². The zero-order valence-electron chi connectivity index (χ0n) is 9.13. The van der Waals surface area contributed by atoms with Crippen molar-refractivity contribution in [2.45, 2.75) is 18.1 Å². The number of thioether (sulfide) groups is 1. The van der Waals surface area contributed by atoms with Crippen LogP contribution < -0.4 is 5.73 Å². The number of nitrogen functional groups attached to an aromatic ring is 1. The Kier molecular flexibility index (Phi) is 3.84. The molecule has 6 heteroatoms. The summed E-state index contributed by atoms with van der Waals surface area (Å²) in [5, 5.41) is 8.79. The van der Waals surface area contributed by atoms with Crippen LogP contribution in [0, 0.1) is 5.92 Å². The number of rotatable bonds is 5. The van der Waals surface area contributed by atoms with Crippen molar-refractivity contribution in [3.05, 3.63) is 12.7 Å². The fraction of sp³-hybridized carbons (Fsp3) is 0.600. The molecule has 0 saturated carbocycles. The van der Waals surface area contributed by atoms with Crippen LogP contribution in [0.15, 0.2) is 17.8 Å². The van der Waals surface area contributed by atoms with Gasteiger partial charge in [0.05, 0.1) is 6.61 Å². The molecule has 0 unspecified atom stereocenters. The van der Waals surface area contributed by atoms with Crippen molar-refractivity contribution in [1.29, 1.82) is 0 Å². The van der Waals surface area contributed by atoms with E-state index in [-0.39, 0.29) is 0 Å². The van der Waals surface area contributed by atoms with Crippen molar-refractivity contribution in [3.8, 4) is 0 Å². The number of nitrogens with zero attached hydrogens (tertiary/aromatic N) is 3. The first-order valence-corrected chi connectivity index (χ1v) is 6.30. The highest BCUT2D eigenvalue weighted by Crippen LogP contribution is 2.24. The standard InChI is InChI=1S/C10H16N4OS/c1-2-4-14-9(11)12-13-10(14)16-7-8-3-5-15-6-8/h2,8H,1,3-7H2,(H2,11,12)/t8-/m0/s1. The fourth-order valence-corrected chi connectivity index (χ4v) is 2.68. The van der Waals surface area contributed by atoms with Gasteiger partial charge in [-0.25, -0.2) is 0 Å². The van der Waals surface area contributed by atoms with Gasteiger partial charge in [-0.15, -0.1) is 16.8 Å². The predicted molar refractivity (Wildman–Crippen MR) is 64.3 cm³/mol. The van der Waals surface area contributed by atoms with Crippen LogP contribution >= 0.6 is 11.8 Å². The molecular formula is C10H16N4OS. The highest BCUT2D eigenvalue weighted by atomic mass is 32.2. The largest absolute Gasteiger partial charge is 0.381 e. The lowest BCUT2D eigenvalue weighted by atomic mass is 10.2. The summed E-state index contributed by atoms with van der Waals surface area (Å²) in [6, 6.07) is 0. The van der Waals surface area contributed by atoms with Gasteiger partial charge in [-0.05, 0) is 12.3 Å². The molecule has 2 heterocycles. The van der Waals surface area contributed by atoms with Crippen LogP contribution in [0.3, 0.4) is 0 Å². The summed E-state index contributed by atoms with van der Waals surface area (Å²) in [4.78, 5) is 0. The highest BCUT2D eigenvalue weighted by Gasteiger charge is 2.17. The number of anilines is 1. The summed E-state index contributed by atoms with van der Waals surface area (Å²) in [6.07, 6.45) is 2.93. The lowest BCUT2D eigenvalue weighted by Gasteiger charge is -2.07. The number of aromatic nitrogens is 3. The van der Waals surface area contributed by atoms with Crippen LogP contribution in [-0.4, -0.2) is 33.7 Å². The van der Waals surface area contributed by atoms with Crippen molar-refractivity contribution in [2.75, 3.05) is 24.7 Å². The Morgan fingerprint density at radius 3 is 3.19 bits per heavy atom. The van der Waals surface area contributed by atoms with Crippen molar-refractivity contribution in [2.24, 2.45) is 5.92 Å². The van der Waals surface area contributed by atoms with E-state index in [9.17, 15) is 0 Å². The number of hydrogen-bond acceptors (Lipinski definition) is 5. The van der Waals surface area contributed by atoms with Crippen LogP contribution in [0.4, 0.5) is 5.95 Å². The zero-order valence-corrected chi connectivity index (χ0v) is 9.95. The Labute approximate surface area is 99.1 Å². The van der Waals surface area contributed by atoms with Crippen molar-refractivity contribution in [3.63, 3.8) is 0 Å². The van der Waals surface area contributed by atoms with Gasteiger partial charge in [-0.1, -0.05) is 17.8 Å². The summed E-state index contributed by atoms with van der Waals surface area (Å²) >= 11 is 1.69. The Hall–Kier alpha value is -1.01. The average Bonchev–Trinajstić information content (AvgIpc) is 2.89. The third-order valence-electron chi connectivity index (χ3n) is 2.53. The van der Waals surface area contributed by atoms with E-state index in [1.807, 2.05) is 4.57 Å². The van der Waals surface area contributed by atoms with Crippen LogP contribution in [0.2, 0.25) is 0 Å². The van der Waals surface area contributed by atoms with E-state index in [0.717, 1.165) is 30.5 Å². The average molecular weight is 240 g/mol. The molecule has 5 nitrogen and oxygen atoms in total. The maximum absolute atomic E-state index is 5.71. The Morgan fingerprint density at radius 2 is 2.50 bits per heavy atom. The van der Waals surface area contributed by atoms with E-state index >= 15 is 0 Å². The Balaban J connectivity index is 1.94. The normalized spacial score (nSPS) is 20.1. The van der Waals surface area contributed by atoms with Crippen LogP contribution in [0.1, 0.15) is 6.42 Å². The molecule has 1 aromatic rings. The Bertz CT molecular complexity index is 360. The fourth-order valence-electron chi connectivity index (χ4n) is 1.61. The van der Waals surface area contributed by atoms with Gasteiger partial charge in [-0.3, -0.25) is 4.57 Å². The molecule has 16 heavy (non-hydrogen) atoms.